The first-order valence-electron chi connectivity index (χ1n) is 7.67. The summed E-state index contributed by atoms with van der Waals surface area (Å²) in [7, 11) is 0. The molecule has 1 atom stereocenters. The number of hydrogen-bond acceptors (Lipinski definition) is 5. The quantitative estimate of drug-likeness (QED) is 0.781. The predicted octanol–water partition coefficient (Wildman–Crippen LogP) is 0.306. The number of nitrogens with one attached hydrogen (secondary N) is 2. The van der Waals surface area contributed by atoms with Gasteiger partial charge in [-0.1, -0.05) is 0 Å². The Balaban J connectivity index is 1.75. The van der Waals surface area contributed by atoms with Gasteiger partial charge in [0.15, 0.2) is 6.29 Å². The van der Waals surface area contributed by atoms with Gasteiger partial charge in [-0.15, -0.1) is 0 Å². The van der Waals surface area contributed by atoms with Crippen LogP contribution in [0.4, 0.5) is 4.79 Å². The molecule has 2 saturated heterocycles. The maximum absolute atomic E-state index is 12.0. The van der Waals surface area contributed by atoms with Crippen molar-refractivity contribution < 1.29 is 19.1 Å². The zero-order chi connectivity index (χ0) is 15.2. The van der Waals surface area contributed by atoms with Gasteiger partial charge in [0, 0.05) is 12.5 Å². The van der Waals surface area contributed by atoms with Crippen molar-refractivity contribution >= 4 is 11.9 Å². The molecule has 0 unspecified atom stereocenters. The molecule has 2 N–H and O–H groups in total. The Morgan fingerprint density at radius 1 is 1.24 bits per heavy atom. The third kappa shape index (κ3) is 4.39. The number of nitrogens with zero attached hydrogens (tertiary/aromatic N) is 1. The van der Waals surface area contributed by atoms with Gasteiger partial charge in [-0.2, -0.15) is 0 Å². The molecule has 0 spiro atoms. The van der Waals surface area contributed by atoms with Gasteiger partial charge in [0.1, 0.15) is 0 Å². The van der Waals surface area contributed by atoms with E-state index in [9.17, 15) is 9.59 Å². The Kier molecular flexibility index (Phi) is 5.96. The molecular formula is C14H25N3O4. The summed E-state index contributed by atoms with van der Waals surface area (Å²) < 4.78 is 11.1. The molecule has 2 aliphatic rings. The summed E-state index contributed by atoms with van der Waals surface area (Å²) in [4.78, 5) is 25.5. The maximum Gasteiger partial charge on any atom is 0.321 e. The Morgan fingerprint density at radius 3 is 2.43 bits per heavy atom. The highest BCUT2D eigenvalue weighted by Gasteiger charge is 2.33. The molecule has 3 amide bonds. The third-order valence-electron chi connectivity index (χ3n) is 4.11. The van der Waals surface area contributed by atoms with Crippen molar-refractivity contribution in [2.75, 3.05) is 32.8 Å². The second-order valence-electron chi connectivity index (χ2n) is 5.51. The number of imide groups is 1. The zero-order valence-corrected chi connectivity index (χ0v) is 12.8. The lowest BCUT2D eigenvalue weighted by atomic mass is 9.95. The summed E-state index contributed by atoms with van der Waals surface area (Å²) in [6.45, 7) is 7.13. The number of piperidine rings is 1. The summed E-state index contributed by atoms with van der Waals surface area (Å²) in [6.07, 6.45) is 1.82. The van der Waals surface area contributed by atoms with Crippen LogP contribution >= 0.6 is 0 Å². The number of ether oxygens (including phenoxy) is 2. The maximum atomic E-state index is 12.0. The normalized spacial score (nSPS) is 23.0. The summed E-state index contributed by atoms with van der Waals surface area (Å²) >= 11 is 0. The number of hydrogen-bond donors (Lipinski definition) is 2. The van der Waals surface area contributed by atoms with Crippen molar-refractivity contribution in [2.45, 2.75) is 39.0 Å². The summed E-state index contributed by atoms with van der Waals surface area (Å²) in [5.41, 5.74) is 0. The number of urea groups is 1. The van der Waals surface area contributed by atoms with E-state index in [0.717, 1.165) is 25.9 Å². The van der Waals surface area contributed by atoms with E-state index in [1.165, 1.54) is 0 Å². The monoisotopic (exact) mass is 299 g/mol. The van der Waals surface area contributed by atoms with Gasteiger partial charge in [0.05, 0.1) is 19.3 Å². The molecule has 2 rings (SSSR count). The molecule has 2 heterocycles. The Labute approximate surface area is 125 Å². The van der Waals surface area contributed by atoms with Crippen molar-refractivity contribution in [3.63, 3.8) is 0 Å². The lowest BCUT2D eigenvalue weighted by Gasteiger charge is -2.36. The highest BCUT2D eigenvalue weighted by molar-refractivity contribution is 5.96. The van der Waals surface area contributed by atoms with Crippen LogP contribution in [0, 0.1) is 5.92 Å². The van der Waals surface area contributed by atoms with Crippen LogP contribution in [0.5, 0.6) is 0 Å². The molecular weight excluding hydrogens is 274 g/mol. The largest absolute Gasteiger partial charge is 0.350 e. The Morgan fingerprint density at radius 2 is 1.86 bits per heavy atom. The number of rotatable bonds is 4. The Bertz CT molecular complexity index is 363. The summed E-state index contributed by atoms with van der Waals surface area (Å²) in [6, 6.07) is -0.740. The second kappa shape index (κ2) is 7.72. The lowest BCUT2D eigenvalue weighted by Crippen LogP contribution is -2.52. The topological polar surface area (TPSA) is 79.9 Å². The van der Waals surface area contributed by atoms with Crippen LogP contribution in [-0.4, -0.2) is 62.0 Å². The number of carbonyl (C=O) groups is 2. The minimum absolute atomic E-state index is 0.0772. The van der Waals surface area contributed by atoms with E-state index in [1.807, 2.05) is 13.8 Å². The smallest absolute Gasteiger partial charge is 0.321 e. The highest BCUT2D eigenvalue weighted by Crippen LogP contribution is 2.26. The first-order chi connectivity index (χ1) is 10.1. The molecule has 120 valence electrons. The molecule has 0 aromatic heterocycles. The van der Waals surface area contributed by atoms with E-state index in [0.29, 0.717) is 25.7 Å². The fourth-order valence-electron chi connectivity index (χ4n) is 2.81. The van der Waals surface area contributed by atoms with Gasteiger partial charge in [0.2, 0.25) is 5.91 Å². The average Bonchev–Trinajstić information content (AvgIpc) is 3.01. The molecule has 21 heavy (non-hydrogen) atoms. The van der Waals surface area contributed by atoms with E-state index < -0.39 is 6.03 Å². The molecule has 2 fully saturated rings. The number of amides is 3. The van der Waals surface area contributed by atoms with Crippen LogP contribution in [0.1, 0.15) is 26.7 Å². The van der Waals surface area contributed by atoms with Crippen molar-refractivity contribution in [1.29, 1.82) is 0 Å². The average molecular weight is 299 g/mol. The van der Waals surface area contributed by atoms with E-state index in [-0.39, 0.29) is 18.2 Å². The SMILES string of the molecule is CCNC(=O)NC(=O)[C@H](C)N1CCC(C2OCCO2)CC1. The van der Waals surface area contributed by atoms with Crippen LogP contribution in [0.3, 0.4) is 0 Å². The van der Waals surface area contributed by atoms with Gasteiger partial charge in [-0.25, -0.2) is 4.79 Å². The van der Waals surface area contributed by atoms with Crippen molar-refractivity contribution in [3.8, 4) is 0 Å². The molecule has 0 radical (unpaired) electrons. The molecule has 7 nitrogen and oxygen atoms in total. The minimum Gasteiger partial charge on any atom is -0.350 e. The molecule has 0 bridgehead atoms. The highest BCUT2D eigenvalue weighted by atomic mass is 16.7. The van der Waals surface area contributed by atoms with Crippen molar-refractivity contribution in [1.82, 2.24) is 15.5 Å². The Hall–Kier alpha value is -1.18. The van der Waals surface area contributed by atoms with Gasteiger partial charge < -0.3 is 14.8 Å². The van der Waals surface area contributed by atoms with Gasteiger partial charge >= 0.3 is 6.03 Å². The molecule has 0 aromatic carbocycles. The number of likely N-dealkylation sites (tertiary alicyclic amines) is 1. The lowest BCUT2D eigenvalue weighted by molar-refractivity contribution is -0.127. The first kappa shape index (κ1) is 16.2. The van der Waals surface area contributed by atoms with Crippen LogP contribution in [-0.2, 0) is 14.3 Å². The van der Waals surface area contributed by atoms with Crippen molar-refractivity contribution in [3.05, 3.63) is 0 Å². The molecule has 2 aliphatic heterocycles. The van der Waals surface area contributed by atoms with E-state index in [4.69, 9.17) is 9.47 Å². The first-order valence-corrected chi connectivity index (χ1v) is 7.67. The van der Waals surface area contributed by atoms with Gasteiger partial charge in [-0.05, 0) is 39.8 Å². The summed E-state index contributed by atoms with van der Waals surface area (Å²) in [5.74, 6) is 0.148. The standard InChI is InChI=1S/C14H25N3O4/c1-3-15-14(19)16-12(18)10(2)17-6-4-11(5-7-17)13-20-8-9-21-13/h10-11,13H,3-9H2,1-2H3,(H2,15,16,18,19)/t10-/m0/s1. The van der Waals surface area contributed by atoms with Crippen LogP contribution in [0.2, 0.25) is 0 Å². The van der Waals surface area contributed by atoms with Crippen LogP contribution in [0.15, 0.2) is 0 Å². The van der Waals surface area contributed by atoms with E-state index in [2.05, 4.69) is 15.5 Å². The third-order valence-corrected chi connectivity index (χ3v) is 4.11. The molecule has 0 aliphatic carbocycles. The minimum atomic E-state index is -0.433. The van der Waals surface area contributed by atoms with E-state index >= 15 is 0 Å². The van der Waals surface area contributed by atoms with Crippen molar-refractivity contribution in [2.24, 2.45) is 5.92 Å². The number of carbonyl (C=O) groups excluding carboxylic acids is 2. The fraction of sp³-hybridized carbons (Fsp3) is 0.857. The van der Waals surface area contributed by atoms with Gasteiger partial charge in [0.25, 0.3) is 0 Å². The zero-order valence-electron chi connectivity index (χ0n) is 12.8. The molecule has 0 saturated carbocycles. The van der Waals surface area contributed by atoms with Crippen LogP contribution in [0.25, 0.3) is 0 Å². The second-order valence-corrected chi connectivity index (χ2v) is 5.51. The summed E-state index contributed by atoms with van der Waals surface area (Å²) in [5, 5.41) is 4.92. The fourth-order valence-corrected chi connectivity index (χ4v) is 2.81. The predicted molar refractivity (Wildman–Crippen MR) is 76.7 cm³/mol. The van der Waals surface area contributed by atoms with Crippen LogP contribution < -0.4 is 10.6 Å². The van der Waals surface area contributed by atoms with Gasteiger partial charge in [-0.3, -0.25) is 15.0 Å². The molecule has 7 heteroatoms. The van der Waals surface area contributed by atoms with E-state index in [1.54, 1.807) is 0 Å². The molecule has 0 aromatic rings.